The maximum Gasteiger partial charge on any atom is 0.261 e. The molecule has 0 aliphatic carbocycles. The standard InChI is InChI=1S/C19H18N2O3/c1-12(13-6-4-3-5-7-13)11-20-17(22)14-8-9-15-16(10-14)19(24)21(2)18(15)23/h3-10,12H,11H2,1-2H3,(H,20,22)/t12-/m0/s1. The van der Waals surface area contributed by atoms with E-state index in [9.17, 15) is 14.4 Å². The first kappa shape index (κ1) is 15.9. The summed E-state index contributed by atoms with van der Waals surface area (Å²) in [5, 5.41) is 2.88. The zero-order valence-corrected chi connectivity index (χ0v) is 13.6. The molecule has 2 aromatic rings. The molecule has 0 unspecified atom stereocenters. The molecule has 1 aliphatic heterocycles. The molecule has 5 nitrogen and oxygen atoms in total. The quantitative estimate of drug-likeness (QED) is 0.879. The fourth-order valence-corrected chi connectivity index (χ4v) is 2.75. The predicted molar refractivity (Wildman–Crippen MR) is 90.1 cm³/mol. The van der Waals surface area contributed by atoms with E-state index in [0.29, 0.717) is 17.7 Å². The number of imide groups is 1. The van der Waals surface area contributed by atoms with Crippen LogP contribution in [0, 0.1) is 0 Å². The Kier molecular flexibility index (Phi) is 4.16. The van der Waals surface area contributed by atoms with Crippen molar-refractivity contribution < 1.29 is 14.4 Å². The molecule has 1 aliphatic rings. The van der Waals surface area contributed by atoms with Gasteiger partial charge in [0, 0.05) is 19.2 Å². The molecule has 5 heteroatoms. The van der Waals surface area contributed by atoms with Gasteiger partial charge in [-0.05, 0) is 29.7 Å². The fourth-order valence-electron chi connectivity index (χ4n) is 2.75. The van der Waals surface area contributed by atoms with E-state index < -0.39 is 0 Å². The van der Waals surface area contributed by atoms with Crippen LogP contribution in [-0.2, 0) is 0 Å². The van der Waals surface area contributed by atoms with Crippen molar-refractivity contribution in [3.8, 4) is 0 Å². The average Bonchev–Trinajstić information content (AvgIpc) is 2.84. The van der Waals surface area contributed by atoms with Gasteiger partial charge in [0.05, 0.1) is 11.1 Å². The number of hydrogen-bond acceptors (Lipinski definition) is 3. The number of nitrogens with one attached hydrogen (secondary N) is 1. The van der Waals surface area contributed by atoms with Crippen molar-refractivity contribution in [1.29, 1.82) is 0 Å². The predicted octanol–water partition coefficient (Wildman–Crippen LogP) is 2.45. The summed E-state index contributed by atoms with van der Waals surface area (Å²) in [6.45, 7) is 2.53. The van der Waals surface area contributed by atoms with E-state index in [4.69, 9.17) is 0 Å². The lowest BCUT2D eigenvalue weighted by Crippen LogP contribution is -2.27. The van der Waals surface area contributed by atoms with Crippen LogP contribution < -0.4 is 5.32 Å². The smallest absolute Gasteiger partial charge is 0.261 e. The second-order valence-corrected chi connectivity index (χ2v) is 5.95. The van der Waals surface area contributed by atoms with Gasteiger partial charge in [0.25, 0.3) is 17.7 Å². The summed E-state index contributed by atoms with van der Waals surface area (Å²) in [5.41, 5.74) is 2.16. The van der Waals surface area contributed by atoms with Crippen molar-refractivity contribution in [2.24, 2.45) is 0 Å². The molecule has 0 saturated carbocycles. The lowest BCUT2D eigenvalue weighted by atomic mass is 10.0. The number of carbonyl (C=O) groups excluding carboxylic acids is 3. The highest BCUT2D eigenvalue weighted by Crippen LogP contribution is 2.22. The van der Waals surface area contributed by atoms with E-state index >= 15 is 0 Å². The molecular weight excluding hydrogens is 304 g/mol. The van der Waals surface area contributed by atoms with Crippen molar-refractivity contribution in [1.82, 2.24) is 10.2 Å². The van der Waals surface area contributed by atoms with Crippen LogP contribution in [0.5, 0.6) is 0 Å². The Morgan fingerprint density at radius 2 is 1.71 bits per heavy atom. The van der Waals surface area contributed by atoms with Crippen LogP contribution in [0.2, 0.25) is 0 Å². The molecule has 24 heavy (non-hydrogen) atoms. The topological polar surface area (TPSA) is 66.5 Å². The Hall–Kier alpha value is -2.95. The monoisotopic (exact) mass is 322 g/mol. The Balaban J connectivity index is 1.71. The Morgan fingerprint density at radius 1 is 1.04 bits per heavy atom. The van der Waals surface area contributed by atoms with Gasteiger partial charge < -0.3 is 5.32 Å². The number of nitrogens with zero attached hydrogens (tertiary/aromatic N) is 1. The van der Waals surface area contributed by atoms with Gasteiger partial charge in [-0.1, -0.05) is 37.3 Å². The second-order valence-electron chi connectivity index (χ2n) is 5.95. The fraction of sp³-hybridized carbons (Fsp3) is 0.211. The number of fused-ring (bicyclic) bond motifs is 1. The molecule has 3 rings (SSSR count). The first-order valence-electron chi connectivity index (χ1n) is 7.78. The van der Waals surface area contributed by atoms with Gasteiger partial charge in [-0.25, -0.2) is 0 Å². The van der Waals surface area contributed by atoms with Gasteiger partial charge in [0.15, 0.2) is 0 Å². The first-order chi connectivity index (χ1) is 11.5. The molecule has 1 N–H and O–H groups in total. The summed E-state index contributed by atoms with van der Waals surface area (Å²) >= 11 is 0. The van der Waals surface area contributed by atoms with E-state index in [0.717, 1.165) is 10.5 Å². The van der Waals surface area contributed by atoms with Crippen LogP contribution >= 0.6 is 0 Å². The third-order valence-corrected chi connectivity index (χ3v) is 4.29. The minimum atomic E-state index is -0.373. The van der Waals surface area contributed by atoms with Crippen LogP contribution in [0.25, 0.3) is 0 Å². The third kappa shape index (κ3) is 2.80. The molecular formula is C19H18N2O3. The molecule has 122 valence electrons. The lowest BCUT2D eigenvalue weighted by molar-refractivity contribution is 0.0693. The third-order valence-electron chi connectivity index (χ3n) is 4.29. The van der Waals surface area contributed by atoms with Crippen molar-refractivity contribution in [3.05, 3.63) is 70.8 Å². The Labute approximate surface area is 140 Å². The highest BCUT2D eigenvalue weighted by atomic mass is 16.2. The summed E-state index contributed by atoms with van der Waals surface area (Å²) in [6.07, 6.45) is 0. The molecule has 0 spiro atoms. The molecule has 3 amide bonds. The SMILES string of the molecule is C[C@@H](CNC(=O)c1ccc2c(c1)C(=O)N(C)C2=O)c1ccccc1. The second kappa shape index (κ2) is 6.28. The maximum atomic E-state index is 12.3. The molecule has 0 radical (unpaired) electrons. The molecule has 0 saturated heterocycles. The molecule has 0 bridgehead atoms. The zero-order valence-electron chi connectivity index (χ0n) is 13.6. The van der Waals surface area contributed by atoms with Crippen molar-refractivity contribution in [2.75, 3.05) is 13.6 Å². The number of benzene rings is 2. The Morgan fingerprint density at radius 3 is 2.42 bits per heavy atom. The zero-order chi connectivity index (χ0) is 17.3. The molecule has 0 aromatic heterocycles. The summed E-state index contributed by atoms with van der Waals surface area (Å²) in [7, 11) is 1.44. The average molecular weight is 322 g/mol. The van der Waals surface area contributed by atoms with Crippen LogP contribution in [0.15, 0.2) is 48.5 Å². The van der Waals surface area contributed by atoms with E-state index in [1.165, 1.54) is 19.2 Å². The van der Waals surface area contributed by atoms with E-state index in [-0.39, 0.29) is 29.2 Å². The van der Waals surface area contributed by atoms with Crippen LogP contribution in [0.3, 0.4) is 0 Å². The van der Waals surface area contributed by atoms with Crippen molar-refractivity contribution >= 4 is 17.7 Å². The Bertz CT molecular complexity index is 815. The maximum absolute atomic E-state index is 12.3. The summed E-state index contributed by atoms with van der Waals surface area (Å²) in [4.78, 5) is 37.3. The molecule has 1 heterocycles. The number of amides is 3. The van der Waals surface area contributed by atoms with E-state index in [1.807, 2.05) is 37.3 Å². The molecule has 1 atom stereocenters. The van der Waals surface area contributed by atoms with Gasteiger partial charge >= 0.3 is 0 Å². The summed E-state index contributed by atoms with van der Waals surface area (Å²) in [5.74, 6) is -0.781. The van der Waals surface area contributed by atoms with Crippen molar-refractivity contribution in [3.63, 3.8) is 0 Å². The van der Waals surface area contributed by atoms with Gasteiger partial charge in [0.2, 0.25) is 0 Å². The highest BCUT2D eigenvalue weighted by Gasteiger charge is 2.33. The van der Waals surface area contributed by atoms with E-state index in [1.54, 1.807) is 6.07 Å². The van der Waals surface area contributed by atoms with Crippen LogP contribution in [0.1, 0.15) is 49.5 Å². The normalized spacial score (nSPS) is 14.5. The number of carbonyl (C=O) groups is 3. The molecule has 2 aromatic carbocycles. The lowest BCUT2D eigenvalue weighted by Gasteiger charge is -2.13. The van der Waals surface area contributed by atoms with E-state index in [2.05, 4.69) is 5.32 Å². The highest BCUT2D eigenvalue weighted by molar-refractivity contribution is 6.21. The minimum absolute atomic E-state index is 0.180. The molecule has 0 fully saturated rings. The van der Waals surface area contributed by atoms with Gasteiger partial charge in [-0.15, -0.1) is 0 Å². The minimum Gasteiger partial charge on any atom is -0.351 e. The number of hydrogen-bond donors (Lipinski definition) is 1. The largest absolute Gasteiger partial charge is 0.351 e. The summed E-state index contributed by atoms with van der Waals surface area (Å²) < 4.78 is 0. The van der Waals surface area contributed by atoms with Gasteiger partial charge in [-0.3, -0.25) is 19.3 Å². The van der Waals surface area contributed by atoms with Crippen molar-refractivity contribution in [2.45, 2.75) is 12.8 Å². The van der Waals surface area contributed by atoms with Gasteiger partial charge in [-0.2, -0.15) is 0 Å². The summed E-state index contributed by atoms with van der Waals surface area (Å²) in [6, 6.07) is 14.5. The van der Waals surface area contributed by atoms with Crippen LogP contribution in [-0.4, -0.2) is 36.2 Å². The number of rotatable bonds is 4. The van der Waals surface area contributed by atoms with Crippen LogP contribution in [0.4, 0.5) is 0 Å². The van der Waals surface area contributed by atoms with Gasteiger partial charge in [0.1, 0.15) is 0 Å². The first-order valence-corrected chi connectivity index (χ1v) is 7.78.